The predicted molar refractivity (Wildman–Crippen MR) is 78.2 cm³/mol. The average molecular weight is 287 g/mol. The van der Waals surface area contributed by atoms with Gasteiger partial charge >= 0.3 is 5.97 Å². The lowest BCUT2D eigenvalue weighted by molar-refractivity contribution is -0.146. The SMILES string of the molecule is CCC1CC(C(=O)O)C(C(=O)NCC(C)(C)SC)C1. The zero-order chi connectivity index (χ0) is 14.6. The summed E-state index contributed by atoms with van der Waals surface area (Å²) in [5.41, 5.74) is 0. The Labute approximate surface area is 119 Å². The molecule has 0 aliphatic heterocycles. The fraction of sp³-hybridized carbons (Fsp3) is 0.857. The van der Waals surface area contributed by atoms with Gasteiger partial charge in [0.15, 0.2) is 0 Å². The Kier molecular flexibility index (Phi) is 5.71. The fourth-order valence-corrected chi connectivity index (χ4v) is 2.76. The van der Waals surface area contributed by atoms with E-state index in [-0.39, 0.29) is 16.6 Å². The number of aliphatic carboxylic acids is 1. The van der Waals surface area contributed by atoms with E-state index < -0.39 is 11.9 Å². The molecule has 1 saturated carbocycles. The Bertz CT molecular complexity index is 344. The summed E-state index contributed by atoms with van der Waals surface area (Å²) in [5, 5.41) is 12.2. The molecule has 0 aromatic rings. The molecule has 1 aliphatic rings. The lowest BCUT2D eigenvalue weighted by Gasteiger charge is -2.24. The zero-order valence-corrected chi connectivity index (χ0v) is 13.0. The van der Waals surface area contributed by atoms with Crippen molar-refractivity contribution in [2.24, 2.45) is 17.8 Å². The van der Waals surface area contributed by atoms with E-state index in [0.717, 1.165) is 6.42 Å². The minimum atomic E-state index is -0.833. The van der Waals surface area contributed by atoms with Crippen molar-refractivity contribution >= 4 is 23.6 Å². The molecule has 3 unspecified atom stereocenters. The molecule has 3 atom stereocenters. The normalized spacial score (nSPS) is 27.3. The number of rotatable bonds is 6. The number of amides is 1. The Balaban J connectivity index is 2.62. The molecule has 0 aromatic carbocycles. The highest BCUT2D eigenvalue weighted by atomic mass is 32.2. The zero-order valence-electron chi connectivity index (χ0n) is 12.2. The standard InChI is InChI=1S/C14H25NO3S/c1-5-9-6-10(11(7-9)13(17)18)12(16)15-8-14(2,3)19-4/h9-11H,5-8H2,1-4H3,(H,15,16)(H,17,18). The summed E-state index contributed by atoms with van der Waals surface area (Å²) >= 11 is 1.69. The summed E-state index contributed by atoms with van der Waals surface area (Å²) in [5.74, 6) is -1.43. The van der Waals surface area contributed by atoms with Gasteiger partial charge in [-0.3, -0.25) is 9.59 Å². The Hall–Kier alpha value is -0.710. The molecular formula is C14H25NO3S. The maximum atomic E-state index is 12.2. The van der Waals surface area contributed by atoms with E-state index in [1.807, 2.05) is 6.26 Å². The third kappa shape index (κ3) is 4.41. The number of hydrogen-bond acceptors (Lipinski definition) is 3. The first-order valence-electron chi connectivity index (χ1n) is 6.86. The number of carboxylic acids is 1. The first kappa shape index (κ1) is 16.3. The van der Waals surface area contributed by atoms with E-state index in [2.05, 4.69) is 26.1 Å². The van der Waals surface area contributed by atoms with Crippen molar-refractivity contribution in [3.8, 4) is 0 Å². The van der Waals surface area contributed by atoms with Crippen molar-refractivity contribution in [3.63, 3.8) is 0 Å². The van der Waals surface area contributed by atoms with Crippen molar-refractivity contribution in [2.45, 2.75) is 44.8 Å². The lowest BCUT2D eigenvalue weighted by Crippen LogP contribution is -2.41. The molecule has 2 N–H and O–H groups in total. The number of hydrogen-bond donors (Lipinski definition) is 2. The third-order valence-electron chi connectivity index (χ3n) is 4.13. The smallest absolute Gasteiger partial charge is 0.307 e. The predicted octanol–water partition coefficient (Wildman–Crippen LogP) is 2.38. The van der Waals surface area contributed by atoms with Gasteiger partial charge in [0.05, 0.1) is 11.8 Å². The fourth-order valence-electron chi connectivity index (χ4n) is 2.54. The lowest BCUT2D eigenvalue weighted by atomic mass is 9.95. The van der Waals surface area contributed by atoms with E-state index >= 15 is 0 Å². The van der Waals surface area contributed by atoms with Gasteiger partial charge in [-0.25, -0.2) is 0 Å². The van der Waals surface area contributed by atoms with Crippen molar-refractivity contribution < 1.29 is 14.7 Å². The van der Waals surface area contributed by atoms with Gasteiger partial charge in [0.2, 0.25) is 5.91 Å². The van der Waals surface area contributed by atoms with Crippen molar-refractivity contribution in [1.82, 2.24) is 5.32 Å². The Morgan fingerprint density at radius 2 is 1.89 bits per heavy atom. The highest BCUT2D eigenvalue weighted by molar-refractivity contribution is 7.99. The second-order valence-corrected chi connectivity index (χ2v) is 7.49. The first-order valence-corrected chi connectivity index (χ1v) is 8.09. The van der Waals surface area contributed by atoms with E-state index in [9.17, 15) is 14.7 Å². The van der Waals surface area contributed by atoms with Crippen LogP contribution in [0.4, 0.5) is 0 Å². The van der Waals surface area contributed by atoms with Crippen LogP contribution in [-0.2, 0) is 9.59 Å². The van der Waals surface area contributed by atoms with Crippen molar-refractivity contribution in [1.29, 1.82) is 0 Å². The van der Waals surface area contributed by atoms with Crippen molar-refractivity contribution in [3.05, 3.63) is 0 Å². The van der Waals surface area contributed by atoms with Gasteiger partial charge in [0.1, 0.15) is 0 Å². The summed E-state index contributed by atoms with van der Waals surface area (Å²) in [6, 6.07) is 0. The summed E-state index contributed by atoms with van der Waals surface area (Å²) < 4.78 is -0.0167. The third-order valence-corrected chi connectivity index (χ3v) is 5.38. The van der Waals surface area contributed by atoms with Gasteiger partial charge in [-0.05, 0) is 38.9 Å². The molecule has 5 heteroatoms. The van der Waals surface area contributed by atoms with E-state index in [0.29, 0.717) is 25.3 Å². The van der Waals surface area contributed by atoms with Crippen LogP contribution in [0.5, 0.6) is 0 Å². The molecule has 110 valence electrons. The second-order valence-electron chi connectivity index (χ2n) is 5.98. The topological polar surface area (TPSA) is 66.4 Å². The number of carbonyl (C=O) groups is 2. The molecule has 0 radical (unpaired) electrons. The minimum absolute atomic E-state index is 0.0167. The summed E-state index contributed by atoms with van der Waals surface area (Å²) in [4.78, 5) is 23.5. The molecule has 0 bridgehead atoms. The Morgan fingerprint density at radius 1 is 1.32 bits per heavy atom. The van der Waals surface area contributed by atoms with Crippen LogP contribution < -0.4 is 5.32 Å². The van der Waals surface area contributed by atoms with Crippen LogP contribution >= 0.6 is 11.8 Å². The molecular weight excluding hydrogens is 262 g/mol. The quantitative estimate of drug-likeness (QED) is 0.787. The van der Waals surface area contributed by atoms with Gasteiger partial charge in [-0.1, -0.05) is 13.3 Å². The van der Waals surface area contributed by atoms with Crippen LogP contribution in [0.3, 0.4) is 0 Å². The highest BCUT2D eigenvalue weighted by Gasteiger charge is 2.42. The molecule has 0 aromatic heterocycles. The maximum absolute atomic E-state index is 12.2. The van der Waals surface area contributed by atoms with E-state index in [4.69, 9.17) is 0 Å². The molecule has 1 fully saturated rings. The van der Waals surface area contributed by atoms with E-state index in [1.165, 1.54) is 0 Å². The summed E-state index contributed by atoms with van der Waals surface area (Å²) in [6.45, 7) is 6.76. The van der Waals surface area contributed by atoms with Crippen LogP contribution in [0.1, 0.15) is 40.0 Å². The largest absolute Gasteiger partial charge is 0.481 e. The van der Waals surface area contributed by atoms with Gasteiger partial charge in [-0.15, -0.1) is 0 Å². The van der Waals surface area contributed by atoms with Crippen LogP contribution in [0.25, 0.3) is 0 Å². The first-order chi connectivity index (χ1) is 8.80. The molecule has 0 heterocycles. The van der Waals surface area contributed by atoms with Crippen LogP contribution in [0, 0.1) is 17.8 Å². The number of nitrogens with one attached hydrogen (secondary N) is 1. The molecule has 1 rings (SSSR count). The number of thioether (sulfide) groups is 1. The molecule has 1 aliphatic carbocycles. The molecule has 19 heavy (non-hydrogen) atoms. The molecule has 4 nitrogen and oxygen atoms in total. The maximum Gasteiger partial charge on any atom is 0.307 e. The van der Waals surface area contributed by atoms with E-state index in [1.54, 1.807) is 11.8 Å². The molecule has 0 saturated heterocycles. The van der Waals surface area contributed by atoms with Crippen LogP contribution in [0.15, 0.2) is 0 Å². The summed E-state index contributed by atoms with van der Waals surface area (Å²) in [7, 11) is 0. The molecule has 0 spiro atoms. The van der Waals surface area contributed by atoms with Crippen molar-refractivity contribution in [2.75, 3.05) is 12.8 Å². The van der Waals surface area contributed by atoms with Gasteiger partial charge in [0.25, 0.3) is 0 Å². The monoisotopic (exact) mass is 287 g/mol. The van der Waals surface area contributed by atoms with Crippen LogP contribution in [0.2, 0.25) is 0 Å². The number of carboxylic acid groups (broad SMARTS) is 1. The minimum Gasteiger partial charge on any atom is -0.481 e. The second kappa shape index (κ2) is 6.64. The van der Waals surface area contributed by atoms with Gasteiger partial charge in [0, 0.05) is 11.3 Å². The van der Waals surface area contributed by atoms with Gasteiger partial charge < -0.3 is 10.4 Å². The van der Waals surface area contributed by atoms with Gasteiger partial charge in [-0.2, -0.15) is 11.8 Å². The molecule has 1 amide bonds. The Morgan fingerprint density at radius 3 is 2.37 bits per heavy atom. The average Bonchev–Trinajstić information content (AvgIpc) is 2.80. The highest BCUT2D eigenvalue weighted by Crippen LogP contribution is 2.38. The number of carbonyl (C=O) groups excluding carboxylic acids is 1. The van der Waals surface area contributed by atoms with Crippen LogP contribution in [-0.4, -0.2) is 34.5 Å². The summed E-state index contributed by atoms with van der Waals surface area (Å²) in [6.07, 6.45) is 4.30.